The van der Waals surface area contributed by atoms with Crippen LogP contribution in [0, 0.1) is 0 Å². The van der Waals surface area contributed by atoms with Crippen LogP contribution in [0.1, 0.15) is 0 Å². The van der Waals surface area contributed by atoms with E-state index in [9.17, 15) is 0 Å². The average Bonchev–Trinajstić information content (AvgIpc) is 3.06. The molecule has 42 heavy (non-hydrogen) atoms. The molecule has 0 unspecified atom stereocenters. The highest BCUT2D eigenvalue weighted by molar-refractivity contribution is 6.07. The van der Waals surface area contributed by atoms with Crippen molar-refractivity contribution in [2.45, 2.75) is 0 Å². The minimum absolute atomic E-state index is 0.855. The molecule has 0 N–H and O–H groups in total. The maximum Gasteiger partial charge on any atom is 0.127 e. The molecule has 7 rings (SSSR count). The van der Waals surface area contributed by atoms with Crippen LogP contribution in [-0.2, 0) is 0 Å². The topological polar surface area (TPSA) is 27.7 Å². The Kier molecular flexibility index (Phi) is 6.48. The van der Waals surface area contributed by atoms with Crippen molar-refractivity contribution in [3.8, 4) is 50.6 Å². The SMILES string of the molecule is COc1cccc2cccc(-c3cc(-c4cccc5cccc(OC)c45)cc(-c4cccc5cccc(OC)c45)c3)c12. The first-order chi connectivity index (χ1) is 20.7. The highest BCUT2D eigenvalue weighted by Gasteiger charge is 2.17. The standard InChI is InChI=1S/C39H30O3/c1-40-34-19-7-13-25-10-4-16-31(37(25)34)28-22-29(32-17-5-11-26-14-8-20-35(41-2)38(26)32)24-30(23-28)33-18-6-12-27-15-9-21-36(42-3)39(27)33/h4-24H,1-3H3. The second-order valence-corrected chi connectivity index (χ2v) is 10.4. The molecular weight excluding hydrogens is 516 g/mol. The van der Waals surface area contributed by atoms with E-state index in [1.807, 2.05) is 36.4 Å². The molecule has 0 aliphatic carbocycles. The lowest BCUT2D eigenvalue weighted by atomic mass is 9.88. The van der Waals surface area contributed by atoms with Crippen molar-refractivity contribution in [3.05, 3.63) is 127 Å². The molecule has 0 aromatic heterocycles. The van der Waals surface area contributed by atoms with Crippen LogP contribution in [-0.4, -0.2) is 21.3 Å². The van der Waals surface area contributed by atoms with Gasteiger partial charge in [-0.2, -0.15) is 0 Å². The molecule has 0 radical (unpaired) electrons. The predicted molar refractivity (Wildman–Crippen MR) is 175 cm³/mol. The van der Waals surface area contributed by atoms with Crippen LogP contribution >= 0.6 is 0 Å². The molecular formula is C39H30O3. The molecule has 0 bridgehead atoms. The summed E-state index contributed by atoms with van der Waals surface area (Å²) in [5.41, 5.74) is 6.68. The van der Waals surface area contributed by atoms with Gasteiger partial charge in [0, 0.05) is 16.2 Å². The number of fused-ring (bicyclic) bond motifs is 3. The Balaban J connectivity index is 1.59. The quantitative estimate of drug-likeness (QED) is 0.208. The molecule has 7 aromatic carbocycles. The molecule has 0 fully saturated rings. The third kappa shape index (κ3) is 4.22. The molecule has 7 aromatic rings. The monoisotopic (exact) mass is 546 g/mol. The van der Waals surface area contributed by atoms with Crippen LogP contribution in [0.5, 0.6) is 17.2 Å². The van der Waals surface area contributed by atoms with Gasteiger partial charge >= 0.3 is 0 Å². The van der Waals surface area contributed by atoms with Crippen molar-refractivity contribution in [2.24, 2.45) is 0 Å². The maximum atomic E-state index is 5.86. The molecule has 0 aliphatic heterocycles. The van der Waals surface area contributed by atoms with Gasteiger partial charge in [0.25, 0.3) is 0 Å². The molecule has 3 heteroatoms. The number of hydrogen-bond donors (Lipinski definition) is 0. The molecule has 0 amide bonds. The van der Waals surface area contributed by atoms with E-state index in [4.69, 9.17) is 14.2 Å². The van der Waals surface area contributed by atoms with Gasteiger partial charge in [-0.25, -0.2) is 0 Å². The lowest BCUT2D eigenvalue weighted by Gasteiger charge is -2.17. The summed E-state index contributed by atoms with van der Waals surface area (Å²) in [6, 6.07) is 44.8. The van der Waals surface area contributed by atoms with Gasteiger partial charge in [0.15, 0.2) is 0 Å². The summed E-state index contributed by atoms with van der Waals surface area (Å²) in [5, 5.41) is 6.69. The van der Waals surface area contributed by atoms with Gasteiger partial charge in [0.1, 0.15) is 17.2 Å². The Morgan fingerprint density at radius 3 is 0.857 bits per heavy atom. The third-order valence-electron chi connectivity index (χ3n) is 8.13. The van der Waals surface area contributed by atoms with Gasteiger partial charge < -0.3 is 14.2 Å². The fourth-order valence-corrected chi connectivity index (χ4v) is 6.25. The van der Waals surface area contributed by atoms with Crippen molar-refractivity contribution >= 4 is 32.3 Å². The minimum atomic E-state index is 0.855. The van der Waals surface area contributed by atoms with Crippen LogP contribution in [0.3, 0.4) is 0 Å². The van der Waals surface area contributed by atoms with Gasteiger partial charge in [0.2, 0.25) is 0 Å². The van der Waals surface area contributed by atoms with Gasteiger partial charge in [-0.3, -0.25) is 0 Å². The van der Waals surface area contributed by atoms with Crippen LogP contribution in [0.4, 0.5) is 0 Å². The van der Waals surface area contributed by atoms with Gasteiger partial charge in [-0.1, -0.05) is 91.0 Å². The van der Waals surface area contributed by atoms with Crippen molar-refractivity contribution in [2.75, 3.05) is 21.3 Å². The average molecular weight is 547 g/mol. The van der Waals surface area contributed by atoms with Crippen molar-refractivity contribution in [3.63, 3.8) is 0 Å². The summed E-state index contributed by atoms with van der Waals surface area (Å²) in [6.45, 7) is 0. The zero-order chi connectivity index (χ0) is 28.6. The van der Waals surface area contributed by atoms with E-state index in [-0.39, 0.29) is 0 Å². The van der Waals surface area contributed by atoms with E-state index in [1.54, 1.807) is 21.3 Å². The second kappa shape index (κ2) is 10.6. The van der Waals surface area contributed by atoms with Gasteiger partial charge in [0.05, 0.1) is 21.3 Å². The number of hydrogen-bond acceptors (Lipinski definition) is 3. The summed E-state index contributed by atoms with van der Waals surface area (Å²) < 4.78 is 17.6. The van der Waals surface area contributed by atoms with Crippen LogP contribution in [0.25, 0.3) is 65.7 Å². The van der Waals surface area contributed by atoms with E-state index >= 15 is 0 Å². The zero-order valence-electron chi connectivity index (χ0n) is 23.8. The molecule has 0 aliphatic rings. The van der Waals surface area contributed by atoms with Crippen molar-refractivity contribution < 1.29 is 14.2 Å². The third-order valence-corrected chi connectivity index (χ3v) is 8.13. The second-order valence-electron chi connectivity index (χ2n) is 10.4. The van der Waals surface area contributed by atoms with E-state index in [2.05, 4.69) is 91.0 Å². The highest BCUT2D eigenvalue weighted by Crippen LogP contribution is 2.43. The summed E-state index contributed by atoms with van der Waals surface area (Å²) in [6.07, 6.45) is 0. The van der Waals surface area contributed by atoms with Crippen LogP contribution < -0.4 is 14.2 Å². The molecule has 0 saturated heterocycles. The van der Waals surface area contributed by atoms with Gasteiger partial charge in [-0.15, -0.1) is 0 Å². The Morgan fingerprint density at radius 1 is 0.333 bits per heavy atom. The maximum absolute atomic E-state index is 5.86. The van der Waals surface area contributed by atoms with E-state index in [1.165, 1.54) is 0 Å². The lowest BCUT2D eigenvalue weighted by Crippen LogP contribution is -1.93. The fourth-order valence-electron chi connectivity index (χ4n) is 6.25. The van der Waals surface area contributed by atoms with Crippen LogP contribution in [0.2, 0.25) is 0 Å². The summed E-state index contributed by atoms with van der Waals surface area (Å²) in [5.74, 6) is 2.57. The smallest absolute Gasteiger partial charge is 0.127 e. The Hall–Kier alpha value is -5.28. The van der Waals surface area contributed by atoms with Crippen molar-refractivity contribution in [1.29, 1.82) is 0 Å². The first kappa shape index (κ1) is 25.7. The Labute approximate surface area is 245 Å². The largest absolute Gasteiger partial charge is 0.496 e. The Bertz CT molecular complexity index is 1840. The van der Waals surface area contributed by atoms with E-state index in [0.29, 0.717) is 0 Å². The van der Waals surface area contributed by atoms with Gasteiger partial charge in [-0.05, 0) is 85.9 Å². The van der Waals surface area contributed by atoms with Crippen LogP contribution in [0.15, 0.2) is 127 Å². The normalized spacial score (nSPS) is 11.2. The number of benzene rings is 7. The molecule has 0 saturated carbocycles. The van der Waals surface area contributed by atoms with Crippen molar-refractivity contribution in [1.82, 2.24) is 0 Å². The summed E-state index contributed by atoms with van der Waals surface area (Å²) in [4.78, 5) is 0. The Morgan fingerprint density at radius 2 is 0.595 bits per heavy atom. The molecule has 0 spiro atoms. The first-order valence-corrected chi connectivity index (χ1v) is 14.0. The predicted octanol–water partition coefficient (Wildman–Crippen LogP) is 10.2. The summed E-state index contributed by atoms with van der Waals surface area (Å²) >= 11 is 0. The summed E-state index contributed by atoms with van der Waals surface area (Å²) in [7, 11) is 5.20. The number of rotatable bonds is 6. The number of ether oxygens (including phenoxy) is 3. The first-order valence-electron chi connectivity index (χ1n) is 14.0. The highest BCUT2D eigenvalue weighted by atomic mass is 16.5. The zero-order valence-corrected chi connectivity index (χ0v) is 23.8. The number of methoxy groups -OCH3 is 3. The molecule has 0 heterocycles. The van der Waals surface area contributed by atoms with E-state index in [0.717, 1.165) is 82.9 Å². The molecule has 3 nitrogen and oxygen atoms in total. The fraction of sp³-hybridized carbons (Fsp3) is 0.0769. The molecule has 204 valence electrons. The minimum Gasteiger partial charge on any atom is -0.496 e. The lowest BCUT2D eigenvalue weighted by molar-refractivity contribution is 0.420. The van der Waals surface area contributed by atoms with E-state index < -0.39 is 0 Å². The molecule has 0 atom stereocenters.